The van der Waals surface area contributed by atoms with Gasteiger partial charge in [0.25, 0.3) is 0 Å². The lowest BCUT2D eigenvalue weighted by Crippen LogP contribution is -2.22. The van der Waals surface area contributed by atoms with Crippen molar-refractivity contribution in [2.24, 2.45) is 10.8 Å². The first-order valence-electron chi connectivity index (χ1n) is 7.45. The maximum Gasteiger partial charge on any atom is -0.0221 e. The highest BCUT2D eigenvalue weighted by molar-refractivity contribution is 5.46. The van der Waals surface area contributed by atoms with Crippen LogP contribution in [-0.2, 0) is 0 Å². The molecule has 19 heavy (non-hydrogen) atoms. The van der Waals surface area contributed by atoms with Crippen molar-refractivity contribution < 1.29 is 0 Å². The van der Waals surface area contributed by atoms with Crippen molar-refractivity contribution in [1.29, 1.82) is 0 Å². The summed E-state index contributed by atoms with van der Waals surface area (Å²) in [5.41, 5.74) is 6.58. The van der Waals surface area contributed by atoms with Crippen molar-refractivity contribution in [2.75, 3.05) is 0 Å². The molecule has 0 heteroatoms. The molecule has 0 fully saturated rings. The number of hydrogen-bond donors (Lipinski definition) is 0. The summed E-state index contributed by atoms with van der Waals surface area (Å²) in [7, 11) is 0. The second kappa shape index (κ2) is 4.81. The van der Waals surface area contributed by atoms with Gasteiger partial charge in [0.1, 0.15) is 0 Å². The maximum absolute atomic E-state index is 4.21. The van der Waals surface area contributed by atoms with E-state index in [2.05, 4.69) is 59.4 Å². The molecule has 0 bridgehead atoms. The number of rotatable bonds is 1. The standard InChI is InChI=1S/C19H28/c1-7-15-9-17(13-19(5,6)11-15)16-8-14(2)10-18(3,4)12-16/h7-9H,2,10-13H2,1,3-6H3/b15-7-. The highest BCUT2D eigenvalue weighted by Gasteiger charge is 2.31. The average molecular weight is 256 g/mol. The van der Waals surface area contributed by atoms with Gasteiger partial charge in [-0.3, -0.25) is 0 Å². The van der Waals surface area contributed by atoms with Crippen LogP contribution in [0.15, 0.2) is 47.1 Å². The van der Waals surface area contributed by atoms with Gasteiger partial charge in [-0.25, -0.2) is 0 Å². The summed E-state index contributed by atoms with van der Waals surface area (Å²) >= 11 is 0. The molecule has 0 nitrogen and oxygen atoms in total. The highest BCUT2D eigenvalue weighted by Crippen LogP contribution is 2.46. The zero-order valence-electron chi connectivity index (χ0n) is 13.3. The number of hydrogen-bond acceptors (Lipinski definition) is 0. The molecule has 104 valence electrons. The molecular weight excluding hydrogens is 228 g/mol. The summed E-state index contributed by atoms with van der Waals surface area (Å²) in [6, 6.07) is 0. The fraction of sp³-hybridized carbons (Fsp3) is 0.579. The fourth-order valence-corrected chi connectivity index (χ4v) is 3.60. The van der Waals surface area contributed by atoms with Gasteiger partial charge in [-0.1, -0.05) is 63.6 Å². The largest absolute Gasteiger partial charge is 0.0958 e. The molecule has 0 heterocycles. The first-order chi connectivity index (χ1) is 8.71. The highest BCUT2D eigenvalue weighted by atomic mass is 14.4. The molecule has 0 aromatic rings. The Balaban J connectivity index is 2.36. The van der Waals surface area contributed by atoms with Crippen LogP contribution in [-0.4, -0.2) is 0 Å². The van der Waals surface area contributed by atoms with Crippen molar-refractivity contribution in [3.63, 3.8) is 0 Å². The third-order valence-corrected chi connectivity index (χ3v) is 4.25. The van der Waals surface area contributed by atoms with Gasteiger partial charge >= 0.3 is 0 Å². The van der Waals surface area contributed by atoms with E-state index in [0.717, 1.165) is 6.42 Å². The monoisotopic (exact) mass is 256 g/mol. The first-order valence-corrected chi connectivity index (χ1v) is 7.45. The molecule has 0 atom stereocenters. The molecule has 0 N–H and O–H groups in total. The molecular formula is C19H28. The first kappa shape index (κ1) is 14.4. The van der Waals surface area contributed by atoms with Crippen molar-refractivity contribution >= 4 is 0 Å². The summed E-state index contributed by atoms with van der Waals surface area (Å²) in [6.07, 6.45) is 11.7. The summed E-state index contributed by atoms with van der Waals surface area (Å²) < 4.78 is 0. The van der Waals surface area contributed by atoms with Crippen LogP contribution in [0.1, 0.15) is 60.3 Å². The topological polar surface area (TPSA) is 0 Å². The van der Waals surface area contributed by atoms with Gasteiger partial charge < -0.3 is 0 Å². The predicted octanol–water partition coefficient (Wildman–Crippen LogP) is 5.98. The van der Waals surface area contributed by atoms with Gasteiger partial charge in [-0.2, -0.15) is 0 Å². The van der Waals surface area contributed by atoms with Crippen LogP contribution in [0.5, 0.6) is 0 Å². The predicted molar refractivity (Wildman–Crippen MR) is 85.1 cm³/mol. The average Bonchev–Trinajstić information content (AvgIpc) is 2.24. The van der Waals surface area contributed by atoms with Crippen LogP contribution in [0.25, 0.3) is 0 Å². The minimum atomic E-state index is 0.361. The maximum atomic E-state index is 4.21. The smallest absolute Gasteiger partial charge is 0.0221 e. The summed E-state index contributed by atoms with van der Waals surface area (Å²) in [5, 5.41) is 0. The van der Waals surface area contributed by atoms with Gasteiger partial charge in [-0.15, -0.1) is 0 Å². The van der Waals surface area contributed by atoms with Gasteiger partial charge in [-0.05, 0) is 54.6 Å². The van der Waals surface area contributed by atoms with Crippen LogP contribution in [0, 0.1) is 10.8 Å². The molecule has 0 aromatic carbocycles. The Labute approximate surface area is 119 Å². The van der Waals surface area contributed by atoms with E-state index in [1.165, 1.54) is 36.0 Å². The van der Waals surface area contributed by atoms with Gasteiger partial charge in [0.15, 0.2) is 0 Å². The molecule has 2 rings (SSSR count). The van der Waals surface area contributed by atoms with E-state index in [0.29, 0.717) is 10.8 Å². The van der Waals surface area contributed by atoms with E-state index in [4.69, 9.17) is 0 Å². The van der Waals surface area contributed by atoms with E-state index in [-0.39, 0.29) is 0 Å². The fourth-order valence-electron chi connectivity index (χ4n) is 3.60. The van der Waals surface area contributed by atoms with Crippen LogP contribution in [0.3, 0.4) is 0 Å². The van der Waals surface area contributed by atoms with Gasteiger partial charge in [0, 0.05) is 0 Å². The lowest BCUT2D eigenvalue weighted by molar-refractivity contribution is 0.332. The quantitative estimate of drug-likeness (QED) is 0.541. The van der Waals surface area contributed by atoms with E-state index in [1.807, 2.05) is 0 Å². The van der Waals surface area contributed by atoms with E-state index in [9.17, 15) is 0 Å². The molecule has 0 aromatic heterocycles. The number of allylic oxidation sites excluding steroid dienone is 7. The zero-order valence-corrected chi connectivity index (χ0v) is 13.3. The molecule has 0 radical (unpaired) electrons. The van der Waals surface area contributed by atoms with Crippen LogP contribution < -0.4 is 0 Å². The van der Waals surface area contributed by atoms with Crippen molar-refractivity contribution in [1.82, 2.24) is 0 Å². The Morgan fingerprint density at radius 3 is 1.95 bits per heavy atom. The molecule has 0 spiro atoms. The molecule has 0 saturated heterocycles. The summed E-state index contributed by atoms with van der Waals surface area (Å²) in [4.78, 5) is 0. The lowest BCUT2D eigenvalue weighted by atomic mass is 9.68. The minimum Gasteiger partial charge on any atom is -0.0958 e. The van der Waals surface area contributed by atoms with Gasteiger partial charge in [0.2, 0.25) is 0 Å². The van der Waals surface area contributed by atoms with Crippen molar-refractivity contribution in [2.45, 2.75) is 60.3 Å². The summed E-state index contributed by atoms with van der Waals surface area (Å²) in [6.45, 7) is 15.8. The molecule has 0 unspecified atom stereocenters. The van der Waals surface area contributed by atoms with E-state index < -0.39 is 0 Å². The van der Waals surface area contributed by atoms with E-state index >= 15 is 0 Å². The van der Waals surface area contributed by atoms with Crippen molar-refractivity contribution in [3.05, 3.63) is 47.1 Å². The molecule has 0 saturated carbocycles. The van der Waals surface area contributed by atoms with Gasteiger partial charge in [0.05, 0.1) is 0 Å². The van der Waals surface area contributed by atoms with Crippen LogP contribution in [0.4, 0.5) is 0 Å². The Kier molecular flexibility index (Phi) is 3.64. The molecule has 0 aliphatic heterocycles. The second-order valence-electron chi connectivity index (χ2n) is 7.90. The van der Waals surface area contributed by atoms with E-state index in [1.54, 1.807) is 5.57 Å². The Hall–Kier alpha value is -1.04. The SMILES string of the molecule is C=C1C=C(C2=C/C(=C/C)CC(C)(C)C2)CC(C)(C)C1. The second-order valence-corrected chi connectivity index (χ2v) is 7.90. The van der Waals surface area contributed by atoms with Crippen molar-refractivity contribution in [3.8, 4) is 0 Å². The molecule has 0 amide bonds. The van der Waals surface area contributed by atoms with Crippen LogP contribution >= 0.6 is 0 Å². The third-order valence-electron chi connectivity index (χ3n) is 4.25. The minimum absolute atomic E-state index is 0.361. The third kappa shape index (κ3) is 3.49. The lowest BCUT2D eigenvalue weighted by Gasteiger charge is -2.37. The summed E-state index contributed by atoms with van der Waals surface area (Å²) in [5.74, 6) is 0. The van der Waals surface area contributed by atoms with Crippen LogP contribution in [0.2, 0.25) is 0 Å². The normalized spacial score (nSPS) is 28.1. The molecule has 2 aliphatic rings. The molecule has 2 aliphatic carbocycles. The Bertz CT molecular complexity index is 478. The Morgan fingerprint density at radius 2 is 1.42 bits per heavy atom. The zero-order chi connectivity index (χ0) is 14.3. The Morgan fingerprint density at radius 1 is 0.895 bits per heavy atom.